The van der Waals surface area contributed by atoms with Crippen molar-refractivity contribution in [2.45, 2.75) is 20.4 Å². The van der Waals surface area contributed by atoms with Gasteiger partial charge in [0.05, 0.1) is 29.4 Å². The van der Waals surface area contributed by atoms with Crippen LogP contribution in [0.5, 0.6) is 5.75 Å². The van der Waals surface area contributed by atoms with Gasteiger partial charge >= 0.3 is 0 Å². The Hall–Kier alpha value is -3.50. The van der Waals surface area contributed by atoms with E-state index in [1.54, 1.807) is 38.3 Å². The molecule has 10 heteroatoms. The highest BCUT2D eigenvalue weighted by molar-refractivity contribution is 9.10. The molecular formula is C24H21BrN4O4S. The lowest BCUT2D eigenvalue weighted by molar-refractivity contribution is -0.116. The Kier molecular flexibility index (Phi) is 6.80. The molecule has 0 aliphatic heterocycles. The first-order valence-corrected chi connectivity index (χ1v) is 11.9. The fourth-order valence-electron chi connectivity index (χ4n) is 3.42. The van der Waals surface area contributed by atoms with Crippen LogP contribution in [-0.4, -0.2) is 28.5 Å². The average molecular weight is 541 g/mol. The van der Waals surface area contributed by atoms with Gasteiger partial charge in [-0.3, -0.25) is 19.0 Å². The SMILES string of the molecule is COc1ccc(NC(=O)Cn2cnc3sc(C(=O)Nc4ccc(C)cc4Br)c(C)c3c2=O)cc1. The first-order valence-electron chi connectivity index (χ1n) is 10.3. The maximum atomic E-state index is 13.1. The second-order valence-corrected chi connectivity index (χ2v) is 9.48. The Morgan fingerprint density at radius 1 is 1.12 bits per heavy atom. The van der Waals surface area contributed by atoms with Gasteiger partial charge < -0.3 is 15.4 Å². The summed E-state index contributed by atoms with van der Waals surface area (Å²) in [6, 6.07) is 12.5. The fourth-order valence-corrected chi connectivity index (χ4v) is 5.05. The predicted molar refractivity (Wildman–Crippen MR) is 137 cm³/mol. The minimum absolute atomic E-state index is 0.207. The van der Waals surface area contributed by atoms with E-state index < -0.39 is 0 Å². The number of rotatable bonds is 6. The average Bonchev–Trinajstić information content (AvgIpc) is 3.15. The number of hydrogen-bond acceptors (Lipinski definition) is 6. The Bertz CT molecular complexity index is 1460. The molecule has 0 aliphatic rings. The highest BCUT2D eigenvalue weighted by Crippen LogP contribution is 2.29. The monoisotopic (exact) mass is 540 g/mol. The van der Waals surface area contributed by atoms with Crippen molar-refractivity contribution in [3.63, 3.8) is 0 Å². The highest BCUT2D eigenvalue weighted by atomic mass is 79.9. The van der Waals surface area contributed by atoms with E-state index in [9.17, 15) is 14.4 Å². The number of carbonyl (C=O) groups excluding carboxylic acids is 2. The second kappa shape index (κ2) is 9.78. The lowest BCUT2D eigenvalue weighted by Gasteiger charge is -2.08. The number of aryl methyl sites for hydroxylation is 2. The molecule has 0 saturated carbocycles. The zero-order valence-electron chi connectivity index (χ0n) is 18.6. The molecule has 0 bridgehead atoms. The number of ether oxygens (including phenoxy) is 1. The summed E-state index contributed by atoms with van der Waals surface area (Å²) in [5.41, 5.74) is 2.43. The molecule has 0 fully saturated rings. The zero-order chi connectivity index (χ0) is 24.4. The van der Waals surface area contributed by atoms with E-state index in [1.165, 1.54) is 10.9 Å². The van der Waals surface area contributed by atoms with E-state index in [1.807, 2.05) is 25.1 Å². The summed E-state index contributed by atoms with van der Waals surface area (Å²) in [7, 11) is 1.56. The Balaban J connectivity index is 1.56. The lowest BCUT2D eigenvalue weighted by atomic mass is 10.2. The van der Waals surface area contributed by atoms with Gasteiger partial charge in [-0.2, -0.15) is 0 Å². The van der Waals surface area contributed by atoms with E-state index >= 15 is 0 Å². The van der Waals surface area contributed by atoms with Gasteiger partial charge in [0.15, 0.2) is 0 Å². The largest absolute Gasteiger partial charge is 0.497 e. The Labute approximate surface area is 207 Å². The lowest BCUT2D eigenvalue weighted by Crippen LogP contribution is -2.27. The molecule has 0 atom stereocenters. The van der Waals surface area contributed by atoms with Crippen LogP contribution < -0.4 is 20.9 Å². The standard InChI is InChI=1S/C24H21BrN4O4S/c1-13-4-9-18(17(25)10-13)28-22(31)21-14(2)20-23(34-21)26-12-29(24(20)32)11-19(30)27-15-5-7-16(33-3)8-6-15/h4-10,12H,11H2,1-3H3,(H,27,30)(H,28,31). The van der Waals surface area contributed by atoms with E-state index in [0.29, 0.717) is 37.8 Å². The molecule has 174 valence electrons. The maximum absolute atomic E-state index is 13.1. The van der Waals surface area contributed by atoms with Crippen LogP contribution in [0.2, 0.25) is 0 Å². The summed E-state index contributed by atoms with van der Waals surface area (Å²) in [6.45, 7) is 3.46. The van der Waals surface area contributed by atoms with Crippen LogP contribution >= 0.6 is 27.3 Å². The first-order chi connectivity index (χ1) is 16.3. The number of nitrogens with zero attached hydrogens (tertiary/aromatic N) is 2. The summed E-state index contributed by atoms with van der Waals surface area (Å²) in [5.74, 6) is -0.0249. The molecule has 2 aromatic carbocycles. The van der Waals surface area contributed by atoms with Gasteiger partial charge in [0, 0.05) is 10.2 Å². The number of hydrogen-bond donors (Lipinski definition) is 2. The number of fused-ring (bicyclic) bond motifs is 1. The summed E-state index contributed by atoms with van der Waals surface area (Å²) >= 11 is 4.60. The minimum atomic E-state index is -0.376. The number of methoxy groups -OCH3 is 1. The molecule has 2 amide bonds. The van der Waals surface area contributed by atoms with Crippen molar-refractivity contribution in [2.75, 3.05) is 17.7 Å². The van der Waals surface area contributed by atoms with E-state index in [0.717, 1.165) is 21.4 Å². The van der Waals surface area contributed by atoms with Crippen molar-refractivity contribution in [3.05, 3.63) is 79.6 Å². The number of benzene rings is 2. The molecule has 0 aliphatic carbocycles. The molecule has 8 nitrogen and oxygen atoms in total. The summed E-state index contributed by atoms with van der Waals surface area (Å²) in [5, 5.41) is 5.95. The van der Waals surface area contributed by atoms with Crippen LogP contribution in [-0.2, 0) is 11.3 Å². The van der Waals surface area contributed by atoms with Crippen molar-refractivity contribution < 1.29 is 14.3 Å². The van der Waals surface area contributed by atoms with Crippen LogP contribution in [0.1, 0.15) is 20.8 Å². The number of amides is 2. The van der Waals surface area contributed by atoms with Gasteiger partial charge in [-0.25, -0.2) is 4.98 Å². The summed E-state index contributed by atoms with van der Waals surface area (Å²) in [6.07, 6.45) is 1.33. The number of nitrogens with one attached hydrogen (secondary N) is 2. The third-order valence-electron chi connectivity index (χ3n) is 5.18. The van der Waals surface area contributed by atoms with Crippen LogP contribution in [0.3, 0.4) is 0 Å². The molecule has 0 unspecified atom stereocenters. The number of halogens is 1. The Morgan fingerprint density at radius 3 is 2.53 bits per heavy atom. The van der Waals surface area contributed by atoms with Crippen LogP contribution in [0.15, 0.2) is 58.1 Å². The Morgan fingerprint density at radius 2 is 1.85 bits per heavy atom. The van der Waals surface area contributed by atoms with Gasteiger partial charge in [0.1, 0.15) is 17.1 Å². The van der Waals surface area contributed by atoms with Crippen molar-refractivity contribution in [1.29, 1.82) is 0 Å². The maximum Gasteiger partial charge on any atom is 0.266 e. The van der Waals surface area contributed by atoms with E-state index in [4.69, 9.17) is 4.74 Å². The van der Waals surface area contributed by atoms with Gasteiger partial charge in [0.25, 0.3) is 11.5 Å². The van der Waals surface area contributed by atoms with Crippen LogP contribution in [0.25, 0.3) is 10.2 Å². The molecule has 0 saturated heterocycles. The van der Waals surface area contributed by atoms with Gasteiger partial charge in [-0.05, 0) is 77.3 Å². The van der Waals surface area contributed by atoms with Crippen molar-refractivity contribution in [3.8, 4) is 5.75 Å². The second-order valence-electron chi connectivity index (χ2n) is 7.63. The minimum Gasteiger partial charge on any atom is -0.497 e. The topological polar surface area (TPSA) is 102 Å². The first kappa shape index (κ1) is 23.7. The quantitative estimate of drug-likeness (QED) is 0.367. The van der Waals surface area contributed by atoms with E-state index in [2.05, 4.69) is 31.5 Å². The van der Waals surface area contributed by atoms with Crippen LogP contribution in [0.4, 0.5) is 11.4 Å². The molecule has 0 spiro atoms. The fraction of sp³-hybridized carbons (Fsp3) is 0.167. The molecule has 2 heterocycles. The summed E-state index contributed by atoms with van der Waals surface area (Å²) in [4.78, 5) is 43.7. The molecule has 0 radical (unpaired) electrons. The predicted octanol–water partition coefficient (Wildman–Crippen LogP) is 4.74. The molecule has 2 N–H and O–H groups in total. The van der Waals surface area contributed by atoms with Gasteiger partial charge in [-0.15, -0.1) is 11.3 Å². The van der Waals surface area contributed by atoms with Crippen molar-refractivity contribution >= 4 is 60.7 Å². The third-order valence-corrected chi connectivity index (χ3v) is 7.04. The third kappa shape index (κ3) is 4.87. The number of carbonyl (C=O) groups is 2. The number of anilines is 2. The molecular weight excluding hydrogens is 520 g/mol. The van der Waals surface area contributed by atoms with Crippen molar-refractivity contribution in [1.82, 2.24) is 9.55 Å². The highest BCUT2D eigenvalue weighted by Gasteiger charge is 2.21. The number of aromatic nitrogens is 2. The van der Waals surface area contributed by atoms with Crippen molar-refractivity contribution in [2.24, 2.45) is 0 Å². The molecule has 4 aromatic rings. The number of thiophene rings is 1. The van der Waals surface area contributed by atoms with E-state index in [-0.39, 0.29) is 23.9 Å². The smallest absolute Gasteiger partial charge is 0.266 e. The molecule has 34 heavy (non-hydrogen) atoms. The molecule has 2 aromatic heterocycles. The van der Waals surface area contributed by atoms with Crippen LogP contribution in [0, 0.1) is 13.8 Å². The normalized spacial score (nSPS) is 10.8. The summed E-state index contributed by atoms with van der Waals surface area (Å²) < 4.78 is 7.11. The van der Waals surface area contributed by atoms with Gasteiger partial charge in [0.2, 0.25) is 5.91 Å². The van der Waals surface area contributed by atoms with Gasteiger partial charge in [-0.1, -0.05) is 6.07 Å². The molecule has 4 rings (SSSR count). The zero-order valence-corrected chi connectivity index (χ0v) is 21.0.